The summed E-state index contributed by atoms with van der Waals surface area (Å²) in [5.41, 5.74) is -2.10. The lowest BCUT2D eigenvalue weighted by atomic mass is 9.67. The van der Waals surface area contributed by atoms with Crippen molar-refractivity contribution in [1.29, 1.82) is 0 Å². The number of hydrogen-bond donors (Lipinski definition) is 4. The van der Waals surface area contributed by atoms with Gasteiger partial charge in [-0.15, -0.1) is 0 Å². The number of carbonyl (C=O) groups excluding carboxylic acids is 3. The second kappa shape index (κ2) is 13.8. The lowest BCUT2D eigenvalue weighted by Crippen LogP contribution is -2.59. The maximum Gasteiger partial charge on any atom is 0.410 e. The summed E-state index contributed by atoms with van der Waals surface area (Å²) in [6.45, 7) is 3.10. The molecule has 2 aliphatic rings. The van der Waals surface area contributed by atoms with Crippen molar-refractivity contribution >= 4 is 45.0 Å². The molecule has 0 radical (unpaired) electrons. The Balaban J connectivity index is 1.51. The van der Waals surface area contributed by atoms with E-state index in [1.54, 1.807) is 13.8 Å². The minimum absolute atomic E-state index is 0.00709. The van der Waals surface area contributed by atoms with Crippen LogP contribution in [-0.2, 0) is 19.4 Å². The maximum absolute atomic E-state index is 13.9. The molecule has 2 aromatic rings. The number of carbonyl (C=O) groups is 3. The fourth-order valence-electron chi connectivity index (χ4n) is 6.31. The lowest BCUT2D eigenvalue weighted by Gasteiger charge is -2.47. The number of halogens is 4. The number of rotatable bonds is 8. The van der Waals surface area contributed by atoms with E-state index in [1.807, 2.05) is 0 Å². The molecule has 4 rings (SSSR count). The first-order chi connectivity index (χ1) is 21.5. The van der Waals surface area contributed by atoms with Crippen molar-refractivity contribution in [3.05, 3.63) is 58.4 Å². The number of nitrogens with one attached hydrogen (secondary N) is 2. The molecule has 0 bridgehead atoms. The van der Waals surface area contributed by atoms with Gasteiger partial charge in [-0.25, -0.2) is 26.4 Å². The van der Waals surface area contributed by atoms with E-state index in [4.69, 9.17) is 16.3 Å². The van der Waals surface area contributed by atoms with Gasteiger partial charge in [-0.2, -0.15) is 0 Å². The topological polar surface area (TPSA) is 162 Å². The zero-order valence-corrected chi connectivity index (χ0v) is 26.8. The van der Waals surface area contributed by atoms with Crippen molar-refractivity contribution in [3.63, 3.8) is 0 Å². The molecule has 1 aliphatic heterocycles. The van der Waals surface area contributed by atoms with E-state index >= 15 is 0 Å². The Morgan fingerprint density at radius 1 is 1.11 bits per heavy atom. The van der Waals surface area contributed by atoms with E-state index in [0.717, 1.165) is 18.1 Å². The van der Waals surface area contributed by atoms with Crippen molar-refractivity contribution in [2.45, 2.75) is 67.4 Å². The standard InChI is InChI=1S/C30H35ClF3N3O8S/c1-4-17-9-20(7-15(2)30(17,42)14-35-28(40)24-12-19(38)13-37(24)29(41)45-3)46(43,44)25-8-16(5-6-21(25)31)27(39)36-18-10-22(32)26(34)23(33)11-18/h5-6,8,10-11,15,17,19-20,24,38,42H,4,7,9,12-14H2,1-3H3,(H,35,40)(H,36,39)/t15-,17?,19+,20-,24-,30-/m0/s1. The number of likely N-dealkylation sites (tertiary alicyclic amines) is 1. The molecule has 11 nitrogen and oxygen atoms in total. The molecule has 0 spiro atoms. The van der Waals surface area contributed by atoms with E-state index in [1.165, 1.54) is 12.1 Å². The van der Waals surface area contributed by atoms with E-state index in [9.17, 15) is 46.2 Å². The minimum atomic E-state index is -4.20. The second-order valence-electron chi connectivity index (χ2n) is 11.7. The number of aliphatic hydroxyl groups is 2. The van der Waals surface area contributed by atoms with Gasteiger partial charge in [-0.3, -0.25) is 14.5 Å². The molecule has 2 aromatic carbocycles. The van der Waals surface area contributed by atoms with Crippen molar-refractivity contribution in [2.75, 3.05) is 25.5 Å². The largest absolute Gasteiger partial charge is 0.453 e. The van der Waals surface area contributed by atoms with Gasteiger partial charge in [0.25, 0.3) is 5.91 Å². The van der Waals surface area contributed by atoms with Gasteiger partial charge < -0.3 is 25.6 Å². The molecule has 2 fully saturated rings. The molecule has 3 amide bonds. The van der Waals surface area contributed by atoms with Crippen molar-refractivity contribution in [2.24, 2.45) is 11.8 Å². The van der Waals surface area contributed by atoms with Gasteiger partial charge in [0, 0.05) is 36.3 Å². The molecular weight excluding hydrogens is 655 g/mol. The molecule has 4 N–H and O–H groups in total. The zero-order chi connectivity index (χ0) is 34.1. The number of nitrogens with zero attached hydrogens (tertiary/aromatic N) is 1. The minimum Gasteiger partial charge on any atom is -0.453 e. The van der Waals surface area contributed by atoms with Crippen molar-refractivity contribution in [1.82, 2.24) is 10.2 Å². The third kappa shape index (κ3) is 6.97. The first kappa shape index (κ1) is 35.5. The van der Waals surface area contributed by atoms with Crippen LogP contribution in [0.5, 0.6) is 0 Å². The summed E-state index contributed by atoms with van der Waals surface area (Å²) in [6, 6.07) is 3.60. The quantitative estimate of drug-likeness (QED) is 0.306. The monoisotopic (exact) mass is 689 g/mol. The molecular formula is C30H35ClF3N3O8S. The number of anilines is 1. The van der Waals surface area contributed by atoms with Crippen LogP contribution in [0, 0.1) is 29.3 Å². The van der Waals surface area contributed by atoms with Gasteiger partial charge >= 0.3 is 6.09 Å². The van der Waals surface area contributed by atoms with Crippen molar-refractivity contribution in [3.8, 4) is 0 Å². The Morgan fingerprint density at radius 2 is 1.76 bits per heavy atom. The highest BCUT2D eigenvalue weighted by Crippen LogP contribution is 2.44. The first-order valence-corrected chi connectivity index (χ1v) is 16.5. The number of sulfone groups is 1. The molecule has 1 unspecified atom stereocenters. The molecule has 0 aromatic heterocycles. The van der Waals surface area contributed by atoms with E-state index < -0.39 is 80.0 Å². The molecule has 16 heteroatoms. The van der Waals surface area contributed by atoms with Crippen LogP contribution in [0.2, 0.25) is 5.02 Å². The number of aliphatic hydroxyl groups excluding tert-OH is 1. The van der Waals surface area contributed by atoms with E-state index in [2.05, 4.69) is 10.6 Å². The number of β-amino-alcohol motifs (C(OH)–C–C–N with tert-alkyl or cyclic N) is 1. The van der Waals surface area contributed by atoms with Gasteiger partial charge in [-0.1, -0.05) is 31.9 Å². The van der Waals surface area contributed by atoms with Crippen LogP contribution in [-0.4, -0.2) is 84.6 Å². The Morgan fingerprint density at radius 3 is 2.37 bits per heavy atom. The summed E-state index contributed by atoms with van der Waals surface area (Å²) >= 11 is 6.28. The molecule has 1 aliphatic carbocycles. The van der Waals surface area contributed by atoms with Gasteiger partial charge in [0.15, 0.2) is 27.3 Å². The lowest BCUT2D eigenvalue weighted by molar-refractivity contribution is -0.130. The van der Waals surface area contributed by atoms with E-state index in [-0.39, 0.29) is 53.5 Å². The Labute approximate surface area is 269 Å². The van der Waals surface area contributed by atoms with Crippen LogP contribution in [0.4, 0.5) is 23.7 Å². The predicted octanol–water partition coefficient (Wildman–Crippen LogP) is 3.66. The van der Waals surface area contributed by atoms with Crippen LogP contribution in [0.3, 0.4) is 0 Å². The Bertz CT molecular complexity index is 1610. The normalized spacial score (nSPS) is 26.5. The van der Waals surface area contributed by atoms with Gasteiger partial charge in [0.2, 0.25) is 5.91 Å². The zero-order valence-electron chi connectivity index (χ0n) is 25.2. The molecule has 1 heterocycles. The Hall–Kier alpha value is -3.40. The summed E-state index contributed by atoms with van der Waals surface area (Å²) < 4.78 is 73.1. The number of methoxy groups -OCH3 is 1. The van der Waals surface area contributed by atoms with Crippen LogP contribution >= 0.6 is 11.6 Å². The average Bonchev–Trinajstić information content (AvgIpc) is 3.41. The van der Waals surface area contributed by atoms with Crippen LogP contribution in [0.15, 0.2) is 35.2 Å². The summed E-state index contributed by atoms with van der Waals surface area (Å²) in [6.07, 6.45) is -1.40. The highest BCUT2D eigenvalue weighted by Gasteiger charge is 2.50. The highest BCUT2D eigenvalue weighted by molar-refractivity contribution is 7.92. The maximum atomic E-state index is 13.9. The van der Waals surface area contributed by atoms with Gasteiger partial charge in [0.05, 0.1) is 40.5 Å². The summed E-state index contributed by atoms with van der Waals surface area (Å²) in [4.78, 5) is 38.7. The predicted molar refractivity (Wildman–Crippen MR) is 160 cm³/mol. The van der Waals surface area contributed by atoms with Gasteiger partial charge in [-0.05, 0) is 42.9 Å². The SMILES string of the molecule is CCC1C[C@@H](S(=O)(=O)c2cc(C(=O)Nc3cc(F)c(F)c(F)c3)ccc2Cl)C[C@H](C)[C@@]1(O)CNC(=O)[C@@H]1C[C@@H](O)CN1C(=O)OC. The van der Waals surface area contributed by atoms with Gasteiger partial charge in [0.1, 0.15) is 6.04 Å². The Kier molecular flexibility index (Phi) is 10.6. The molecule has 6 atom stereocenters. The molecule has 46 heavy (non-hydrogen) atoms. The summed E-state index contributed by atoms with van der Waals surface area (Å²) in [5, 5.41) is 25.5. The third-order valence-corrected chi connectivity index (χ3v) is 11.6. The average molecular weight is 690 g/mol. The highest BCUT2D eigenvalue weighted by atomic mass is 35.5. The van der Waals surface area contributed by atoms with Crippen LogP contribution in [0.25, 0.3) is 0 Å². The summed E-state index contributed by atoms with van der Waals surface area (Å²) in [7, 11) is -3.05. The number of benzene rings is 2. The number of ether oxygens (including phenoxy) is 1. The molecule has 252 valence electrons. The molecule has 1 saturated heterocycles. The van der Waals surface area contributed by atoms with Crippen LogP contribution < -0.4 is 10.6 Å². The smallest absolute Gasteiger partial charge is 0.410 e. The van der Waals surface area contributed by atoms with E-state index in [0.29, 0.717) is 18.6 Å². The third-order valence-electron chi connectivity index (χ3n) is 8.93. The fraction of sp³-hybridized carbons (Fsp3) is 0.500. The molecule has 1 saturated carbocycles. The number of hydrogen-bond acceptors (Lipinski definition) is 8. The first-order valence-electron chi connectivity index (χ1n) is 14.5. The fourth-order valence-corrected chi connectivity index (χ4v) is 8.77. The van der Waals surface area contributed by atoms with Crippen LogP contribution in [0.1, 0.15) is 49.9 Å². The van der Waals surface area contributed by atoms with Crippen molar-refractivity contribution < 1.29 is 50.9 Å². The summed E-state index contributed by atoms with van der Waals surface area (Å²) in [5.74, 6) is -7.52. The second-order valence-corrected chi connectivity index (χ2v) is 14.3. The number of amides is 3.